The molecule has 1 aliphatic heterocycles. The third-order valence-electron chi connectivity index (χ3n) is 3.14. The molecule has 3 rings (SSSR count). The normalized spacial score (nSPS) is 22.0. The van der Waals surface area contributed by atoms with Gasteiger partial charge in [0.15, 0.2) is 0 Å². The topological polar surface area (TPSA) is 29.3 Å². The smallest absolute Gasteiger partial charge is 0.0992 e. The van der Waals surface area contributed by atoms with E-state index in [1.165, 1.54) is 24.8 Å². The summed E-state index contributed by atoms with van der Waals surface area (Å²) in [5.74, 6) is 0. The Balaban J connectivity index is 1.95. The molecule has 0 amide bonds. The molecule has 3 heterocycles. The minimum Gasteiger partial charge on any atom is -0.310 e. The fraction of sp³-hybridized carbons (Fsp3) is 0.417. The predicted molar refractivity (Wildman–Crippen MR) is 59.8 cm³/mol. The van der Waals surface area contributed by atoms with Crippen LogP contribution >= 0.6 is 0 Å². The summed E-state index contributed by atoms with van der Waals surface area (Å²) in [5.41, 5.74) is 2.54. The number of rotatable bonds is 1. The molecule has 3 nitrogen and oxygen atoms in total. The lowest BCUT2D eigenvalue weighted by Crippen LogP contribution is -2.26. The molecule has 2 aromatic heterocycles. The van der Waals surface area contributed by atoms with E-state index < -0.39 is 0 Å². The highest BCUT2D eigenvalue weighted by molar-refractivity contribution is 5.45. The Morgan fingerprint density at radius 1 is 1.33 bits per heavy atom. The third kappa shape index (κ3) is 1.63. The lowest BCUT2D eigenvalue weighted by molar-refractivity contribution is 0.411. The molecule has 1 aliphatic rings. The van der Waals surface area contributed by atoms with Gasteiger partial charge in [-0.05, 0) is 31.0 Å². The van der Waals surface area contributed by atoms with E-state index in [0.717, 1.165) is 12.1 Å². The van der Waals surface area contributed by atoms with Gasteiger partial charge < -0.3 is 9.72 Å². The van der Waals surface area contributed by atoms with Crippen LogP contribution in [0.25, 0.3) is 5.52 Å². The van der Waals surface area contributed by atoms with E-state index in [9.17, 15) is 0 Å². The van der Waals surface area contributed by atoms with Crippen molar-refractivity contribution in [3.8, 4) is 0 Å². The summed E-state index contributed by atoms with van der Waals surface area (Å²) in [6.07, 6.45) is 9.83. The Morgan fingerprint density at radius 2 is 2.33 bits per heavy atom. The lowest BCUT2D eigenvalue weighted by atomic mass is 9.99. The van der Waals surface area contributed by atoms with Crippen LogP contribution in [-0.4, -0.2) is 15.9 Å². The summed E-state index contributed by atoms with van der Waals surface area (Å²) < 4.78 is 2.09. The fourth-order valence-electron chi connectivity index (χ4n) is 2.28. The molecule has 1 atom stereocenters. The summed E-state index contributed by atoms with van der Waals surface area (Å²) in [5, 5.41) is 3.56. The molecule has 78 valence electrons. The zero-order chi connectivity index (χ0) is 10.1. The van der Waals surface area contributed by atoms with E-state index in [2.05, 4.69) is 33.0 Å². The molecule has 0 aromatic carbocycles. The van der Waals surface area contributed by atoms with Crippen LogP contribution in [0.5, 0.6) is 0 Å². The van der Waals surface area contributed by atoms with Crippen molar-refractivity contribution in [3.05, 3.63) is 36.4 Å². The highest BCUT2D eigenvalue weighted by atomic mass is 15.0. The SMILES string of the molecule is c1cc2cncn2cc1[C@@H]1CCCCN1. The van der Waals surface area contributed by atoms with Crippen LogP contribution in [0.2, 0.25) is 0 Å². The standard InChI is InChI=1S/C12H15N3/c1-2-6-14-12(3-1)10-4-5-11-7-13-9-15(11)8-10/h4-5,7-9,12,14H,1-3,6H2/t12-/m0/s1. The summed E-state index contributed by atoms with van der Waals surface area (Å²) in [7, 11) is 0. The monoisotopic (exact) mass is 201 g/mol. The quantitative estimate of drug-likeness (QED) is 0.766. The lowest BCUT2D eigenvalue weighted by Gasteiger charge is -2.23. The van der Waals surface area contributed by atoms with Gasteiger partial charge in [0.25, 0.3) is 0 Å². The maximum atomic E-state index is 4.13. The second-order valence-electron chi connectivity index (χ2n) is 4.19. The van der Waals surface area contributed by atoms with Gasteiger partial charge in [0.2, 0.25) is 0 Å². The van der Waals surface area contributed by atoms with E-state index in [0.29, 0.717) is 6.04 Å². The van der Waals surface area contributed by atoms with Crippen molar-refractivity contribution in [2.24, 2.45) is 0 Å². The van der Waals surface area contributed by atoms with E-state index in [4.69, 9.17) is 0 Å². The van der Waals surface area contributed by atoms with E-state index >= 15 is 0 Å². The highest BCUT2D eigenvalue weighted by Crippen LogP contribution is 2.22. The average molecular weight is 201 g/mol. The number of nitrogens with one attached hydrogen (secondary N) is 1. The minimum absolute atomic E-state index is 0.533. The Bertz CT molecular complexity index is 455. The van der Waals surface area contributed by atoms with Gasteiger partial charge in [0.1, 0.15) is 0 Å². The zero-order valence-electron chi connectivity index (χ0n) is 8.69. The van der Waals surface area contributed by atoms with Crippen molar-refractivity contribution in [2.75, 3.05) is 6.54 Å². The molecule has 0 unspecified atom stereocenters. The second-order valence-corrected chi connectivity index (χ2v) is 4.19. The van der Waals surface area contributed by atoms with Gasteiger partial charge in [0.05, 0.1) is 18.0 Å². The Kier molecular flexibility index (Phi) is 2.18. The molecule has 0 spiro atoms. The van der Waals surface area contributed by atoms with Gasteiger partial charge in [-0.15, -0.1) is 0 Å². The van der Waals surface area contributed by atoms with Crippen LogP contribution < -0.4 is 5.32 Å². The molecule has 3 heteroatoms. The van der Waals surface area contributed by atoms with Gasteiger partial charge in [-0.25, -0.2) is 4.98 Å². The molecule has 1 saturated heterocycles. The maximum Gasteiger partial charge on any atom is 0.0992 e. The van der Waals surface area contributed by atoms with Crippen LogP contribution in [0, 0.1) is 0 Å². The predicted octanol–water partition coefficient (Wildman–Crippen LogP) is 2.15. The van der Waals surface area contributed by atoms with Crippen LogP contribution in [0.15, 0.2) is 30.9 Å². The number of imidazole rings is 1. The highest BCUT2D eigenvalue weighted by Gasteiger charge is 2.14. The number of fused-ring (bicyclic) bond motifs is 1. The summed E-state index contributed by atoms with van der Waals surface area (Å²) in [6.45, 7) is 1.15. The first-order valence-electron chi connectivity index (χ1n) is 5.58. The van der Waals surface area contributed by atoms with E-state index in [1.54, 1.807) is 0 Å². The fourth-order valence-corrected chi connectivity index (χ4v) is 2.28. The zero-order valence-corrected chi connectivity index (χ0v) is 8.69. The number of nitrogens with zero attached hydrogens (tertiary/aromatic N) is 2. The van der Waals surface area contributed by atoms with Crippen molar-refractivity contribution in [3.63, 3.8) is 0 Å². The second kappa shape index (κ2) is 3.66. The minimum atomic E-state index is 0.533. The molecule has 15 heavy (non-hydrogen) atoms. The van der Waals surface area contributed by atoms with Gasteiger partial charge in [-0.1, -0.05) is 12.5 Å². The Morgan fingerprint density at radius 3 is 3.20 bits per heavy atom. The molecule has 1 fully saturated rings. The average Bonchev–Trinajstić information content (AvgIpc) is 2.77. The number of aromatic nitrogens is 2. The van der Waals surface area contributed by atoms with Crippen LogP contribution in [-0.2, 0) is 0 Å². The molecule has 0 bridgehead atoms. The van der Waals surface area contributed by atoms with Crippen molar-refractivity contribution in [2.45, 2.75) is 25.3 Å². The van der Waals surface area contributed by atoms with E-state index in [1.807, 2.05) is 12.5 Å². The Hall–Kier alpha value is -1.35. The van der Waals surface area contributed by atoms with Crippen molar-refractivity contribution in [1.29, 1.82) is 0 Å². The Labute approximate surface area is 89.1 Å². The van der Waals surface area contributed by atoms with Gasteiger partial charge in [-0.3, -0.25) is 0 Å². The summed E-state index contributed by atoms with van der Waals surface area (Å²) in [4.78, 5) is 4.13. The molecule has 2 aromatic rings. The number of hydrogen-bond donors (Lipinski definition) is 1. The molecule has 0 radical (unpaired) electrons. The molecule has 0 saturated carbocycles. The van der Waals surface area contributed by atoms with Crippen LogP contribution in [0.1, 0.15) is 30.9 Å². The summed E-state index contributed by atoms with van der Waals surface area (Å²) >= 11 is 0. The third-order valence-corrected chi connectivity index (χ3v) is 3.14. The van der Waals surface area contributed by atoms with Gasteiger partial charge in [0, 0.05) is 12.2 Å². The number of hydrogen-bond acceptors (Lipinski definition) is 2. The number of piperidine rings is 1. The maximum absolute atomic E-state index is 4.13. The first kappa shape index (κ1) is 8.92. The van der Waals surface area contributed by atoms with Gasteiger partial charge in [-0.2, -0.15) is 0 Å². The van der Waals surface area contributed by atoms with Crippen LogP contribution in [0.4, 0.5) is 0 Å². The first-order chi connectivity index (χ1) is 7.43. The number of pyridine rings is 1. The van der Waals surface area contributed by atoms with Crippen molar-refractivity contribution >= 4 is 5.52 Å². The first-order valence-corrected chi connectivity index (χ1v) is 5.58. The summed E-state index contributed by atoms with van der Waals surface area (Å²) in [6, 6.07) is 4.88. The van der Waals surface area contributed by atoms with Crippen molar-refractivity contribution in [1.82, 2.24) is 14.7 Å². The van der Waals surface area contributed by atoms with Gasteiger partial charge >= 0.3 is 0 Å². The molecular weight excluding hydrogens is 186 g/mol. The van der Waals surface area contributed by atoms with Crippen LogP contribution in [0.3, 0.4) is 0 Å². The molecule has 0 aliphatic carbocycles. The largest absolute Gasteiger partial charge is 0.310 e. The van der Waals surface area contributed by atoms with E-state index in [-0.39, 0.29) is 0 Å². The van der Waals surface area contributed by atoms with Crippen molar-refractivity contribution < 1.29 is 0 Å². The molecule has 1 N–H and O–H groups in total. The molecular formula is C12H15N3.